The van der Waals surface area contributed by atoms with Crippen LogP contribution in [0.3, 0.4) is 0 Å². The van der Waals surface area contributed by atoms with Gasteiger partial charge in [0.1, 0.15) is 10.7 Å². The van der Waals surface area contributed by atoms with Crippen LogP contribution in [0.25, 0.3) is 9.88 Å². The fourth-order valence-electron chi connectivity index (χ4n) is 4.16. The molecule has 0 spiro atoms. The Bertz CT molecular complexity index is 1540. The van der Waals surface area contributed by atoms with E-state index in [0.717, 1.165) is 15.6 Å². The molecule has 1 aliphatic heterocycles. The Morgan fingerprint density at radius 2 is 1.63 bits per heavy atom. The van der Waals surface area contributed by atoms with Gasteiger partial charge in [-0.3, -0.25) is 9.59 Å². The molecule has 196 valence electrons. The van der Waals surface area contributed by atoms with Gasteiger partial charge in [-0.1, -0.05) is 18.2 Å². The van der Waals surface area contributed by atoms with Gasteiger partial charge in [0.05, 0.1) is 21.1 Å². The van der Waals surface area contributed by atoms with Gasteiger partial charge in [-0.2, -0.15) is 4.31 Å². The van der Waals surface area contributed by atoms with E-state index in [4.69, 9.17) is 0 Å². The normalized spacial score (nSPS) is 14.3. The van der Waals surface area contributed by atoms with Crippen molar-refractivity contribution in [3.8, 4) is 9.88 Å². The van der Waals surface area contributed by atoms with Crippen molar-refractivity contribution in [1.82, 2.24) is 9.29 Å². The Morgan fingerprint density at radius 3 is 2.32 bits per heavy atom. The predicted octanol–water partition coefficient (Wildman–Crippen LogP) is 4.59. The van der Waals surface area contributed by atoms with Gasteiger partial charge in [0.15, 0.2) is 0 Å². The first kappa shape index (κ1) is 26.0. The number of carbonyl (C=O) groups excluding carboxylic acids is 2. The third-order valence-electron chi connectivity index (χ3n) is 6.01. The van der Waals surface area contributed by atoms with E-state index in [2.05, 4.69) is 20.5 Å². The Hall–Kier alpha value is -3.58. The second kappa shape index (κ2) is 11.0. The summed E-state index contributed by atoms with van der Waals surface area (Å²) < 4.78 is 27.8. The molecule has 1 fully saturated rings. The van der Waals surface area contributed by atoms with Crippen LogP contribution in [0.4, 0.5) is 17.1 Å². The molecule has 0 aliphatic carbocycles. The highest BCUT2D eigenvalue weighted by molar-refractivity contribution is 7.89. The van der Waals surface area contributed by atoms with Crippen molar-refractivity contribution in [2.24, 2.45) is 0 Å². The molecule has 0 atom stereocenters. The Labute approximate surface area is 228 Å². The average molecular weight is 568 g/mol. The van der Waals surface area contributed by atoms with Crippen LogP contribution >= 0.6 is 22.7 Å². The fourth-order valence-corrected chi connectivity index (χ4v) is 7.20. The molecular formula is C26H25N5O4S3. The van der Waals surface area contributed by atoms with Gasteiger partial charge in [0.25, 0.3) is 5.91 Å². The van der Waals surface area contributed by atoms with E-state index < -0.39 is 10.0 Å². The molecule has 0 bridgehead atoms. The summed E-state index contributed by atoms with van der Waals surface area (Å²) in [6.07, 6.45) is 0. The molecule has 38 heavy (non-hydrogen) atoms. The molecule has 4 aromatic rings. The van der Waals surface area contributed by atoms with Gasteiger partial charge in [-0.15, -0.1) is 22.7 Å². The number of thiazole rings is 1. The van der Waals surface area contributed by atoms with Gasteiger partial charge >= 0.3 is 0 Å². The second-order valence-corrected chi connectivity index (χ2v) is 12.3. The molecule has 0 radical (unpaired) electrons. The summed E-state index contributed by atoms with van der Waals surface area (Å²) in [5.74, 6) is -0.511. The third-order valence-corrected chi connectivity index (χ3v) is 9.81. The molecule has 3 heterocycles. The van der Waals surface area contributed by atoms with Crippen molar-refractivity contribution in [1.29, 1.82) is 0 Å². The number of sulfonamides is 1. The topological polar surface area (TPSA) is 112 Å². The van der Waals surface area contributed by atoms with Crippen molar-refractivity contribution in [3.05, 3.63) is 77.1 Å². The summed E-state index contributed by atoms with van der Waals surface area (Å²) in [4.78, 5) is 31.9. The molecular weight excluding hydrogens is 543 g/mol. The summed E-state index contributed by atoms with van der Waals surface area (Å²) in [7, 11) is -3.68. The minimum Gasteiger partial charge on any atom is -0.367 e. The number of benzene rings is 2. The molecule has 0 unspecified atom stereocenters. The van der Waals surface area contributed by atoms with E-state index in [1.807, 2.05) is 41.8 Å². The standard InChI is InChI=1S/C26H25N5O4S3/c1-18(32)27-19-8-10-20(11-9-19)38(34,35)31-14-12-30(13-15-31)23-6-3-2-5-21(23)28-25(33)22-17-37-26(29-22)24-7-4-16-36-24/h2-11,16-17H,12-15H2,1H3,(H,27,32)(H,28,33). The maximum Gasteiger partial charge on any atom is 0.275 e. The Kier molecular flexibility index (Phi) is 7.56. The lowest BCUT2D eigenvalue weighted by molar-refractivity contribution is -0.114. The monoisotopic (exact) mass is 567 g/mol. The molecule has 5 rings (SSSR count). The highest BCUT2D eigenvalue weighted by Gasteiger charge is 2.29. The van der Waals surface area contributed by atoms with E-state index in [-0.39, 0.29) is 16.7 Å². The Balaban J connectivity index is 1.25. The third kappa shape index (κ3) is 5.63. The summed E-state index contributed by atoms with van der Waals surface area (Å²) in [5.41, 5.74) is 2.37. The van der Waals surface area contributed by atoms with E-state index >= 15 is 0 Å². The number of carbonyl (C=O) groups is 2. The predicted molar refractivity (Wildman–Crippen MR) is 152 cm³/mol. The van der Waals surface area contributed by atoms with Crippen molar-refractivity contribution >= 4 is 61.6 Å². The molecule has 2 aromatic carbocycles. The lowest BCUT2D eigenvalue weighted by Gasteiger charge is -2.36. The number of rotatable bonds is 7. The van der Waals surface area contributed by atoms with Gasteiger partial charge in [-0.05, 0) is 47.8 Å². The average Bonchev–Trinajstić information content (AvgIpc) is 3.62. The van der Waals surface area contributed by atoms with Crippen molar-refractivity contribution in [2.75, 3.05) is 41.7 Å². The van der Waals surface area contributed by atoms with E-state index in [9.17, 15) is 18.0 Å². The zero-order valence-corrected chi connectivity index (χ0v) is 22.9. The summed E-state index contributed by atoms with van der Waals surface area (Å²) in [6, 6.07) is 17.6. The maximum atomic E-state index is 13.2. The first-order valence-electron chi connectivity index (χ1n) is 11.8. The van der Waals surface area contributed by atoms with Crippen molar-refractivity contribution in [2.45, 2.75) is 11.8 Å². The van der Waals surface area contributed by atoms with E-state index in [1.165, 1.54) is 34.7 Å². The minimum absolute atomic E-state index is 0.179. The summed E-state index contributed by atoms with van der Waals surface area (Å²) in [5, 5.41) is 10.1. The van der Waals surface area contributed by atoms with Crippen molar-refractivity contribution < 1.29 is 18.0 Å². The smallest absolute Gasteiger partial charge is 0.275 e. The van der Waals surface area contributed by atoms with Crippen LogP contribution in [0.15, 0.2) is 76.3 Å². The van der Waals surface area contributed by atoms with Crippen molar-refractivity contribution in [3.63, 3.8) is 0 Å². The first-order valence-corrected chi connectivity index (χ1v) is 15.0. The number of hydrogen-bond acceptors (Lipinski definition) is 8. The number of para-hydroxylation sites is 2. The highest BCUT2D eigenvalue weighted by atomic mass is 32.2. The van der Waals surface area contributed by atoms with E-state index in [1.54, 1.807) is 28.8 Å². The lowest BCUT2D eigenvalue weighted by Crippen LogP contribution is -2.48. The highest BCUT2D eigenvalue weighted by Crippen LogP contribution is 2.30. The van der Waals surface area contributed by atoms with Gasteiger partial charge < -0.3 is 15.5 Å². The van der Waals surface area contributed by atoms with Crippen LogP contribution in [-0.2, 0) is 14.8 Å². The van der Waals surface area contributed by atoms with Gasteiger partial charge in [0.2, 0.25) is 15.9 Å². The lowest BCUT2D eigenvalue weighted by atomic mass is 10.2. The Morgan fingerprint density at radius 1 is 0.895 bits per heavy atom. The molecule has 9 nitrogen and oxygen atoms in total. The summed E-state index contributed by atoms with van der Waals surface area (Å²) >= 11 is 3.01. The SMILES string of the molecule is CC(=O)Nc1ccc(S(=O)(=O)N2CCN(c3ccccc3NC(=O)c3csc(-c4cccs4)n3)CC2)cc1. The zero-order chi connectivity index (χ0) is 26.7. The van der Waals surface area contributed by atoms with Crippen LogP contribution in [0.1, 0.15) is 17.4 Å². The molecule has 2 N–H and O–H groups in total. The minimum atomic E-state index is -3.68. The first-order chi connectivity index (χ1) is 18.3. The van der Waals surface area contributed by atoms with Crippen LogP contribution < -0.4 is 15.5 Å². The molecule has 2 aromatic heterocycles. The summed E-state index contributed by atoms with van der Waals surface area (Å²) in [6.45, 7) is 2.93. The van der Waals surface area contributed by atoms with Gasteiger partial charge in [-0.25, -0.2) is 13.4 Å². The maximum absolute atomic E-state index is 13.2. The number of hydrogen-bond donors (Lipinski definition) is 2. The quantitative estimate of drug-likeness (QED) is 0.338. The van der Waals surface area contributed by atoms with Crippen LogP contribution in [0.2, 0.25) is 0 Å². The number of thiophene rings is 1. The fraction of sp³-hybridized carbons (Fsp3) is 0.192. The van der Waals surface area contributed by atoms with E-state index in [0.29, 0.717) is 43.2 Å². The van der Waals surface area contributed by atoms with Crippen LogP contribution in [0.5, 0.6) is 0 Å². The molecule has 0 saturated carbocycles. The molecule has 2 amide bonds. The number of piperazine rings is 1. The largest absolute Gasteiger partial charge is 0.367 e. The number of nitrogens with zero attached hydrogens (tertiary/aromatic N) is 3. The number of nitrogens with one attached hydrogen (secondary N) is 2. The van der Waals surface area contributed by atoms with Crippen LogP contribution in [0, 0.1) is 0 Å². The number of amides is 2. The molecule has 1 aliphatic rings. The number of aromatic nitrogens is 1. The van der Waals surface area contributed by atoms with Crippen LogP contribution in [-0.4, -0.2) is 55.7 Å². The molecule has 1 saturated heterocycles. The molecule has 12 heteroatoms. The van der Waals surface area contributed by atoms with Gasteiger partial charge in [0, 0.05) is 44.2 Å². The number of anilines is 3. The second-order valence-electron chi connectivity index (χ2n) is 8.58. The zero-order valence-electron chi connectivity index (χ0n) is 20.5.